The number of imidazole rings is 1. The lowest BCUT2D eigenvalue weighted by atomic mass is 9.96. The van der Waals surface area contributed by atoms with E-state index >= 15 is 0 Å². The Labute approximate surface area is 114 Å². The van der Waals surface area contributed by atoms with E-state index in [-0.39, 0.29) is 5.78 Å². The van der Waals surface area contributed by atoms with Crippen molar-refractivity contribution < 1.29 is 4.79 Å². The maximum absolute atomic E-state index is 11.2. The molecule has 1 aromatic heterocycles. The number of aromatic nitrogens is 2. The number of H-pyrrole nitrogens is 1. The van der Waals surface area contributed by atoms with Gasteiger partial charge in [0.1, 0.15) is 11.6 Å². The van der Waals surface area contributed by atoms with Crippen LogP contribution in [-0.2, 0) is 11.2 Å². The lowest BCUT2D eigenvalue weighted by Crippen LogP contribution is -1.98. The number of nitrogens with zero attached hydrogens (tertiary/aromatic N) is 1. The first-order chi connectivity index (χ1) is 8.88. The summed E-state index contributed by atoms with van der Waals surface area (Å²) in [5.41, 5.74) is 6.87. The van der Waals surface area contributed by atoms with Crippen molar-refractivity contribution in [2.75, 3.05) is 0 Å². The van der Waals surface area contributed by atoms with Gasteiger partial charge in [0.25, 0.3) is 0 Å². The van der Waals surface area contributed by atoms with Crippen LogP contribution in [0.15, 0.2) is 12.1 Å². The molecule has 2 aromatic rings. The minimum absolute atomic E-state index is 0.123. The van der Waals surface area contributed by atoms with Crippen molar-refractivity contribution in [3.05, 3.63) is 40.3 Å². The van der Waals surface area contributed by atoms with Crippen molar-refractivity contribution in [3.63, 3.8) is 0 Å². The Morgan fingerprint density at radius 2 is 1.74 bits per heavy atom. The van der Waals surface area contributed by atoms with Crippen molar-refractivity contribution in [2.24, 2.45) is 0 Å². The van der Waals surface area contributed by atoms with Crippen LogP contribution >= 0.6 is 0 Å². The first-order valence-electron chi connectivity index (χ1n) is 6.51. The number of hydrogen-bond donors (Lipinski definition) is 1. The number of rotatable bonds is 3. The second kappa shape index (κ2) is 5.00. The van der Waals surface area contributed by atoms with Crippen molar-refractivity contribution in [1.82, 2.24) is 9.97 Å². The van der Waals surface area contributed by atoms with Crippen LogP contribution in [0.3, 0.4) is 0 Å². The van der Waals surface area contributed by atoms with Gasteiger partial charge >= 0.3 is 0 Å². The molecular formula is C16H20N2O. The normalized spacial score (nSPS) is 10.8. The third kappa shape index (κ3) is 2.75. The fourth-order valence-corrected chi connectivity index (χ4v) is 2.64. The first kappa shape index (κ1) is 13.5. The van der Waals surface area contributed by atoms with Gasteiger partial charge in [0, 0.05) is 11.3 Å². The molecule has 1 N–H and O–H groups in total. The van der Waals surface area contributed by atoms with Gasteiger partial charge in [-0.15, -0.1) is 0 Å². The number of aromatic amines is 1. The molecule has 0 aliphatic carbocycles. The zero-order chi connectivity index (χ0) is 14.2. The van der Waals surface area contributed by atoms with Gasteiger partial charge in [0.2, 0.25) is 0 Å². The largest absolute Gasteiger partial charge is 0.345 e. The molecule has 19 heavy (non-hydrogen) atoms. The zero-order valence-electron chi connectivity index (χ0n) is 12.2. The van der Waals surface area contributed by atoms with Gasteiger partial charge < -0.3 is 4.98 Å². The van der Waals surface area contributed by atoms with Gasteiger partial charge in [-0.05, 0) is 45.7 Å². The third-order valence-electron chi connectivity index (χ3n) is 3.26. The molecule has 0 radical (unpaired) electrons. The first-order valence-corrected chi connectivity index (χ1v) is 6.51. The Morgan fingerprint density at radius 3 is 2.26 bits per heavy atom. The summed E-state index contributed by atoms with van der Waals surface area (Å²) in [5, 5.41) is 0. The van der Waals surface area contributed by atoms with Crippen LogP contribution in [0.1, 0.15) is 35.1 Å². The maximum atomic E-state index is 11.2. The average molecular weight is 256 g/mol. The van der Waals surface area contributed by atoms with Crippen molar-refractivity contribution >= 4 is 5.78 Å². The molecule has 0 atom stereocenters. The number of nitrogens with one attached hydrogen (secondary N) is 1. The van der Waals surface area contributed by atoms with Gasteiger partial charge in [0.05, 0.1) is 12.1 Å². The third-order valence-corrected chi connectivity index (χ3v) is 3.26. The molecule has 1 aromatic carbocycles. The molecule has 3 heteroatoms. The lowest BCUT2D eigenvalue weighted by Gasteiger charge is -2.09. The van der Waals surface area contributed by atoms with Gasteiger partial charge in [-0.3, -0.25) is 4.79 Å². The highest BCUT2D eigenvalue weighted by molar-refractivity contribution is 5.78. The van der Waals surface area contributed by atoms with E-state index in [9.17, 15) is 4.79 Å². The van der Waals surface area contributed by atoms with Crippen LogP contribution in [0.5, 0.6) is 0 Å². The number of carbonyl (C=O) groups excluding carboxylic acids is 1. The summed E-state index contributed by atoms with van der Waals surface area (Å²) in [4.78, 5) is 19.0. The molecule has 0 unspecified atom stereocenters. The molecule has 0 aliphatic heterocycles. The monoisotopic (exact) mass is 256 g/mol. The van der Waals surface area contributed by atoms with E-state index in [1.165, 1.54) is 22.3 Å². The Kier molecular flexibility index (Phi) is 3.56. The topological polar surface area (TPSA) is 45.8 Å². The molecule has 0 saturated heterocycles. The van der Waals surface area contributed by atoms with Gasteiger partial charge in [-0.1, -0.05) is 17.7 Å². The predicted octanol–water partition coefficient (Wildman–Crippen LogP) is 3.44. The Hall–Kier alpha value is -1.90. The summed E-state index contributed by atoms with van der Waals surface area (Å²) < 4.78 is 0. The van der Waals surface area contributed by atoms with Crippen LogP contribution in [-0.4, -0.2) is 15.8 Å². The van der Waals surface area contributed by atoms with Crippen molar-refractivity contribution in [1.29, 1.82) is 0 Å². The van der Waals surface area contributed by atoms with E-state index in [2.05, 4.69) is 42.9 Å². The minimum atomic E-state index is 0.123. The van der Waals surface area contributed by atoms with E-state index in [1.54, 1.807) is 6.92 Å². The molecule has 0 saturated carbocycles. The fraction of sp³-hybridized carbons (Fsp3) is 0.375. The fourth-order valence-electron chi connectivity index (χ4n) is 2.64. The van der Waals surface area contributed by atoms with Crippen LogP contribution in [0.2, 0.25) is 0 Å². The van der Waals surface area contributed by atoms with Gasteiger partial charge in [-0.2, -0.15) is 0 Å². The smallest absolute Gasteiger partial charge is 0.137 e. The summed E-state index contributed by atoms with van der Waals surface area (Å²) >= 11 is 0. The predicted molar refractivity (Wildman–Crippen MR) is 77.4 cm³/mol. The van der Waals surface area contributed by atoms with Crippen LogP contribution in [0, 0.1) is 27.7 Å². The number of carbonyl (C=O) groups is 1. The highest BCUT2D eigenvalue weighted by Crippen LogP contribution is 2.29. The van der Waals surface area contributed by atoms with Crippen LogP contribution in [0.25, 0.3) is 11.3 Å². The summed E-state index contributed by atoms with van der Waals surface area (Å²) in [7, 11) is 0. The molecular weight excluding hydrogens is 236 g/mol. The summed E-state index contributed by atoms with van der Waals surface area (Å²) in [5.74, 6) is 0.872. The second-order valence-electron chi connectivity index (χ2n) is 5.31. The number of benzene rings is 1. The molecule has 1 heterocycles. The maximum Gasteiger partial charge on any atom is 0.137 e. The summed E-state index contributed by atoms with van der Waals surface area (Å²) in [6.45, 7) is 9.90. The van der Waals surface area contributed by atoms with E-state index in [4.69, 9.17) is 0 Å². The average Bonchev–Trinajstić information content (AvgIpc) is 2.57. The summed E-state index contributed by atoms with van der Waals surface area (Å²) in [6, 6.07) is 4.34. The summed E-state index contributed by atoms with van der Waals surface area (Å²) in [6.07, 6.45) is 0.366. The quantitative estimate of drug-likeness (QED) is 0.914. The van der Waals surface area contributed by atoms with Crippen LogP contribution in [0.4, 0.5) is 0 Å². The van der Waals surface area contributed by atoms with Gasteiger partial charge in [0.15, 0.2) is 0 Å². The Morgan fingerprint density at radius 1 is 1.16 bits per heavy atom. The number of hydrogen-bond acceptors (Lipinski definition) is 2. The van der Waals surface area contributed by atoms with Crippen molar-refractivity contribution in [2.45, 2.75) is 41.0 Å². The molecule has 0 aliphatic rings. The minimum Gasteiger partial charge on any atom is -0.345 e. The highest BCUT2D eigenvalue weighted by atomic mass is 16.1. The standard InChI is InChI=1S/C16H20N2O/c1-9-6-10(2)15(11(3)7-9)16-13(5)17-14(18-16)8-12(4)19/h6-7H,8H2,1-5H3,(H,17,18). The number of Topliss-reactive ketones (excluding diaryl/α,β-unsaturated/α-hetero) is 1. The SMILES string of the molecule is CC(=O)Cc1nc(-c2c(C)cc(C)cc2C)c(C)[nH]1. The molecule has 0 amide bonds. The van der Waals surface area contributed by atoms with E-state index in [1.807, 2.05) is 6.92 Å². The van der Waals surface area contributed by atoms with Crippen molar-refractivity contribution in [3.8, 4) is 11.3 Å². The lowest BCUT2D eigenvalue weighted by molar-refractivity contribution is -0.116. The zero-order valence-corrected chi connectivity index (χ0v) is 12.2. The molecule has 0 spiro atoms. The van der Waals surface area contributed by atoms with Crippen LogP contribution < -0.4 is 0 Å². The second-order valence-corrected chi connectivity index (χ2v) is 5.31. The Balaban J connectivity index is 2.53. The highest BCUT2D eigenvalue weighted by Gasteiger charge is 2.14. The molecule has 3 nitrogen and oxygen atoms in total. The number of aryl methyl sites for hydroxylation is 4. The van der Waals surface area contributed by atoms with E-state index in [0.717, 1.165) is 17.2 Å². The molecule has 2 rings (SSSR count). The number of ketones is 1. The molecule has 0 bridgehead atoms. The molecule has 100 valence electrons. The molecule has 0 fully saturated rings. The van der Waals surface area contributed by atoms with Gasteiger partial charge in [-0.25, -0.2) is 4.98 Å². The van der Waals surface area contributed by atoms with E-state index < -0.39 is 0 Å². The Bertz CT molecular complexity index is 615. The van der Waals surface area contributed by atoms with E-state index in [0.29, 0.717) is 6.42 Å².